The summed E-state index contributed by atoms with van der Waals surface area (Å²) < 4.78 is 114. The van der Waals surface area contributed by atoms with Crippen LogP contribution in [0, 0.1) is 0 Å². The molecule has 1 rings (SSSR count). The van der Waals surface area contributed by atoms with E-state index in [-0.39, 0.29) is 6.07 Å². The van der Waals surface area contributed by atoms with Crippen molar-refractivity contribution >= 4 is 11.5 Å². The Morgan fingerprint density at radius 2 is 1.58 bits per heavy atom. The lowest BCUT2D eigenvalue weighted by Crippen LogP contribution is -2.42. The molecule has 0 fully saturated rings. The van der Waals surface area contributed by atoms with Crippen molar-refractivity contribution in [2.24, 2.45) is 0 Å². The largest absolute Gasteiger partial charge is 0.433 e. The number of aliphatic hydroxyl groups is 1. The van der Waals surface area contributed by atoms with Crippen molar-refractivity contribution in [2.45, 2.75) is 43.9 Å². The van der Waals surface area contributed by atoms with Crippen LogP contribution >= 0.6 is 0 Å². The molecule has 1 atom stereocenters. The van der Waals surface area contributed by atoms with Crippen LogP contribution in [-0.2, 0) is 12.4 Å². The Morgan fingerprint density at radius 1 is 1.08 bits per heavy atom. The fraction of sp³-hybridized carbons (Fsp3) is 0.538. The van der Waals surface area contributed by atoms with E-state index < -0.39 is 65.4 Å². The topological polar surface area (TPSA) is 76.2 Å². The first kappa shape index (κ1) is 22.0. The first-order valence-electron chi connectivity index (χ1n) is 6.65. The van der Waals surface area contributed by atoms with E-state index in [1.165, 1.54) is 0 Å². The molecule has 0 spiro atoms. The first-order chi connectivity index (χ1) is 11.4. The maximum atomic E-state index is 12.8. The number of pyridine rings is 1. The van der Waals surface area contributed by atoms with Crippen molar-refractivity contribution < 1.29 is 49.4 Å². The number of anilines is 1. The minimum absolute atomic E-state index is 0.162. The zero-order valence-electron chi connectivity index (χ0n) is 12.8. The fourth-order valence-corrected chi connectivity index (χ4v) is 1.80. The second-order valence-corrected chi connectivity index (χ2v) is 5.51. The SMILES string of the molecule is C[C@](O)(CCC(=O)c1nc(C(F)(F)F)c(C(F)(F)F)cc1N)C(F)(F)F. The summed E-state index contributed by atoms with van der Waals surface area (Å²) >= 11 is 0. The lowest BCUT2D eigenvalue weighted by molar-refractivity contribution is -0.254. The molecule has 0 amide bonds. The molecule has 0 aromatic carbocycles. The number of nitrogens with zero attached hydrogens (tertiary/aromatic N) is 1. The summed E-state index contributed by atoms with van der Waals surface area (Å²) in [5.41, 5.74) is -5.23. The van der Waals surface area contributed by atoms with E-state index in [0.717, 1.165) is 0 Å². The minimum atomic E-state index is -5.59. The van der Waals surface area contributed by atoms with Crippen molar-refractivity contribution in [1.29, 1.82) is 0 Å². The Morgan fingerprint density at radius 3 is 1.96 bits per heavy atom. The molecule has 26 heavy (non-hydrogen) atoms. The molecule has 0 saturated carbocycles. The molecule has 3 N–H and O–H groups in total. The number of ketones is 1. The number of carbonyl (C=O) groups excluding carboxylic acids is 1. The quantitative estimate of drug-likeness (QED) is 0.594. The average Bonchev–Trinajstić information content (AvgIpc) is 2.41. The van der Waals surface area contributed by atoms with Gasteiger partial charge in [0.1, 0.15) is 5.69 Å². The summed E-state index contributed by atoms with van der Waals surface area (Å²) in [5, 5.41) is 9.19. The number of hydrogen-bond acceptors (Lipinski definition) is 4. The summed E-state index contributed by atoms with van der Waals surface area (Å²) in [6.45, 7) is 0.324. The average molecular weight is 398 g/mol. The maximum Gasteiger partial charge on any atom is 0.433 e. The number of aromatic nitrogens is 1. The Kier molecular flexibility index (Phi) is 5.58. The minimum Gasteiger partial charge on any atom is -0.397 e. The van der Waals surface area contributed by atoms with Gasteiger partial charge in [-0.25, -0.2) is 4.98 Å². The molecule has 13 heteroatoms. The van der Waals surface area contributed by atoms with E-state index in [1.54, 1.807) is 0 Å². The molecule has 0 aliphatic rings. The highest BCUT2D eigenvalue weighted by Gasteiger charge is 2.50. The van der Waals surface area contributed by atoms with Gasteiger partial charge >= 0.3 is 18.5 Å². The zero-order valence-corrected chi connectivity index (χ0v) is 12.8. The summed E-state index contributed by atoms with van der Waals surface area (Å²) in [6.07, 6.45) is -18.6. The smallest absolute Gasteiger partial charge is 0.397 e. The Labute approximate surface area is 139 Å². The van der Waals surface area contributed by atoms with Crippen LogP contribution in [-0.4, -0.2) is 27.7 Å². The van der Waals surface area contributed by atoms with Crippen LogP contribution in [0.5, 0.6) is 0 Å². The van der Waals surface area contributed by atoms with E-state index in [9.17, 15) is 49.4 Å². The summed E-state index contributed by atoms with van der Waals surface area (Å²) in [6, 6.07) is -0.162. The van der Waals surface area contributed by atoms with Crippen molar-refractivity contribution in [3.05, 3.63) is 23.0 Å². The van der Waals surface area contributed by atoms with Gasteiger partial charge in [0.25, 0.3) is 0 Å². The molecule has 148 valence electrons. The van der Waals surface area contributed by atoms with E-state index >= 15 is 0 Å². The molecular formula is C13H11F9N2O2. The van der Waals surface area contributed by atoms with Crippen molar-refractivity contribution in [2.75, 3.05) is 5.73 Å². The highest BCUT2D eigenvalue weighted by Crippen LogP contribution is 2.41. The molecule has 0 saturated heterocycles. The molecule has 4 nitrogen and oxygen atoms in total. The van der Waals surface area contributed by atoms with Crippen LogP contribution in [0.2, 0.25) is 0 Å². The van der Waals surface area contributed by atoms with Gasteiger partial charge in [-0.15, -0.1) is 0 Å². The molecular weight excluding hydrogens is 387 g/mol. The van der Waals surface area contributed by atoms with E-state index in [1.807, 2.05) is 0 Å². The highest BCUT2D eigenvalue weighted by atomic mass is 19.4. The van der Waals surface area contributed by atoms with Crippen LogP contribution in [0.1, 0.15) is 41.5 Å². The fourth-order valence-electron chi connectivity index (χ4n) is 1.80. The van der Waals surface area contributed by atoms with Crippen LogP contribution in [0.4, 0.5) is 45.2 Å². The van der Waals surface area contributed by atoms with Crippen LogP contribution in [0.15, 0.2) is 6.07 Å². The molecule has 0 aliphatic carbocycles. The lowest BCUT2D eigenvalue weighted by Gasteiger charge is -2.25. The second-order valence-electron chi connectivity index (χ2n) is 5.51. The third-order valence-corrected chi connectivity index (χ3v) is 3.34. The number of halogens is 9. The Balaban J connectivity index is 3.28. The van der Waals surface area contributed by atoms with Crippen molar-refractivity contribution in [1.82, 2.24) is 4.98 Å². The van der Waals surface area contributed by atoms with Crippen LogP contribution in [0.3, 0.4) is 0 Å². The van der Waals surface area contributed by atoms with Gasteiger partial charge in [0.2, 0.25) is 0 Å². The number of nitrogen functional groups attached to an aromatic ring is 1. The first-order valence-corrected chi connectivity index (χ1v) is 6.65. The van der Waals surface area contributed by atoms with E-state index in [4.69, 9.17) is 5.73 Å². The van der Waals surface area contributed by atoms with Gasteiger partial charge in [0.15, 0.2) is 17.1 Å². The summed E-state index contributed by atoms with van der Waals surface area (Å²) in [4.78, 5) is 14.4. The number of carbonyl (C=O) groups is 1. The maximum absolute atomic E-state index is 12.8. The van der Waals surface area contributed by atoms with Gasteiger partial charge in [-0.3, -0.25) is 4.79 Å². The number of rotatable bonds is 4. The summed E-state index contributed by atoms with van der Waals surface area (Å²) in [5.74, 6) is -1.48. The predicted octanol–water partition coefficient (Wildman–Crippen LogP) is 3.98. The van der Waals surface area contributed by atoms with Gasteiger partial charge in [-0.1, -0.05) is 0 Å². The molecule has 1 heterocycles. The van der Waals surface area contributed by atoms with Gasteiger partial charge in [-0.05, 0) is 19.4 Å². The Bertz CT molecular complexity index is 691. The number of Topliss-reactive ketones (excluding diaryl/α,β-unsaturated/α-hetero) is 1. The number of alkyl halides is 9. The van der Waals surface area contributed by atoms with Crippen LogP contribution in [0.25, 0.3) is 0 Å². The normalized spacial score (nSPS) is 15.7. The highest BCUT2D eigenvalue weighted by molar-refractivity contribution is 5.99. The second kappa shape index (κ2) is 6.59. The Hall–Kier alpha value is -2.05. The van der Waals surface area contributed by atoms with Crippen molar-refractivity contribution in [3.8, 4) is 0 Å². The third kappa shape index (κ3) is 4.77. The van der Waals surface area contributed by atoms with Gasteiger partial charge in [0, 0.05) is 6.42 Å². The molecule has 0 bridgehead atoms. The predicted molar refractivity (Wildman–Crippen MR) is 68.9 cm³/mol. The lowest BCUT2D eigenvalue weighted by atomic mass is 9.96. The van der Waals surface area contributed by atoms with Gasteiger partial charge in [-0.2, -0.15) is 39.5 Å². The molecule has 1 aromatic heterocycles. The van der Waals surface area contributed by atoms with E-state index in [0.29, 0.717) is 6.92 Å². The standard InChI is InChI=1S/C13H11F9N2O2/c1-10(26,13(20,21)22)3-2-7(25)8-6(23)4-5(11(14,15)16)9(24-8)12(17,18)19/h4,26H,2-3,23H2,1H3/t10-/m0/s1. The van der Waals surface area contributed by atoms with Gasteiger partial charge in [0.05, 0.1) is 11.3 Å². The van der Waals surface area contributed by atoms with Crippen molar-refractivity contribution in [3.63, 3.8) is 0 Å². The molecule has 0 radical (unpaired) electrons. The van der Waals surface area contributed by atoms with Gasteiger partial charge < -0.3 is 10.8 Å². The number of hydrogen-bond donors (Lipinski definition) is 2. The van der Waals surface area contributed by atoms with Crippen LogP contribution < -0.4 is 5.73 Å². The summed E-state index contributed by atoms with van der Waals surface area (Å²) in [7, 11) is 0. The molecule has 1 aromatic rings. The molecule has 0 unspecified atom stereocenters. The molecule has 0 aliphatic heterocycles. The monoisotopic (exact) mass is 398 g/mol. The van der Waals surface area contributed by atoms with E-state index in [2.05, 4.69) is 4.98 Å². The zero-order chi connectivity index (χ0) is 20.7. The number of nitrogens with two attached hydrogens (primary N) is 1. The third-order valence-electron chi connectivity index (χ3n) is 3.34.